The van der Waals surface area contributed by atoms with E-state index in [0.29, 0.717) is 18.5 Å². The molecular formula is C20H23FN2O3S. The number of piperidine rings is 1. The topological polar surface area (TPSA) is 66.5 Å². The predicted molar refractivity (Wildman–Crippen MR) is 103 cm³/mol. The Kier molecular flexibility index (Phi) is 5.62. The molecule has 0 aromatic heterocycles. The summed E-state index contributed by atoms with van der Waals surface area (Å²) < 4.78 is 39.3. The van der Waals surface area contributed by atoms with Gasteiger partial charge in [0.25, 0.3) is 0 Å². The number of benzene rings is 2. The molecule has 7 heteroatoms. The van der Waals surface area contributed by atoms with E-state index in [2.05, 4.69) is 5.32 Å². The van der Waals surface area contributed by atoms with Crippen molar-refractivity contribution in [3.8, 4) is 0 Å². The number of halogens is 1. The summed E-state index contributed by atoms with van der Waals surface area (Å²) in [5.41, 5.74) is 0.374. The third kappa shape index (κ3) is 4.04. The van der Waals surface area contributed by atoms with Crippen molar-refractivity contribution < 1.29 is 17.6 Å². The second kappa shape index (κ2) is 7.78. The molecule has 0 aliphatic carbocycles. The van der Waals surface area contributed by atoms with Crippen LogP contribution in [0.4, 0.5) is 10.1 Å². The van der Waals surface area contributed by atoms with Crippen LogP contribution in [0.25, 0.3) is 0 Å². The molecule has 0 unspecified atom stereocenters. The number of amides is 1. The second-order valence-corrected chi connectivity index (χ2v) is 8.97. The average Bonchev–Trinajstić information content (AvgIpc) is 2.68. The number of hydrogen-bond acceptors (Lipinski definition) is 3. The maximum Gasteiger partial charge on any atom is 0.235 e. The molecule has 3 rings (SSSR count). The lowest BCUT2D eigenvalue weighted by Gasteiger charge is -2.40. The summed E-state index contributed by atoms with van der Waals surface area (Å²) >= 11 is 0. The molecule has 0 saturated carbocycles. The van der Waals surface area contributed by atoms with Crippen molar-refractivity contribution in [2.75, 3.05) is 24.2 Å². The first kappa shape index (κ1) is 19.5. The van der Waals surface area contributed by atoms with Crippen molar-refractivity contribution in [2.24, 2.45) is 0 Å². The first-order valence-corrected chi connectivity index (χ1v) is 10.6. The van der Waals surface area contributed by atoms with Crippen molar-refractivity contribution in [2.45, 2.75) is 25.2 Å². The fourth-order valence-electron chi connectivity index (χ4n) is 3.55. The summed E-state index contributed by atoms with van der Waals surface area (Å²) in [6.45, 7) is 2.17. The zero-order valence-electron chi connectivity index (χ0n) is 15.2. The van der Waals surface area contributed by atoms with Gasteiger partial charge in [-0.3, -0.25) is 4.79 Å². The van der Waals surface area contributed by atoms with Crippen LogP contribution < -0.4 is 5.32 Å². The van der Waals surface area contributed by atoms with Crippen LogP contribution in [-0.4, -0.2) is 37.5 Å². The molecule has 1 fully saturated rings. The largest absolute Gasteiger partial charge is 0.325 e. The second-order valence-electron chi connectivity index (χ2n) is 6.71. The van der Waals surface area contributed by atoms with E-state index in [0.717, 1.165) is 5.56 Å². The monoisotopic (exact) mass is 390 g/mol. The number of nitrogens with one attached hydrogen (secondary N) is 1. The maximum absolute atomic E-state index is 13.5. The third-order valence-electron chi connectivity index (χ3n) is 5.18. The van der Waals surface area contributed by atoms with E-state index in [4.69, 9.17) is 0 Å². The van der Waals surface area contributed by atoms with E-state index in [9.17, 15) is 17.6 Å². The van der Waals surface area contributed by atoms with Gasteiger partial charge < -0.3 is 5.32 Å². The van der Waals surface area contributed by atoms with Crippen molar-refractivity contribution >= 4 is 21.6 Å². The van der Waals surface area contributed by atoms with Crippen LogP contribution in [-0.2, 0) is 20.2 Å². The van der Waals surface area contributed by atoms with Gasteiger partial charge in [0.2, 0.25) is 15.9 Å². The van der Waals surface area contributed by atoms with Gasteiger partial charge in [-0.15, -0.1) is 0 Å². The van der Waals surface area contributed by atoms with Crippen LogP contribution in [0.5, 0.6) is 0 Å². The first-order chi connectivity index (χ1) is 12.9. The Labute approximate surface area is 159 Å². The Morgan fingerprint density at radius 3 is 2.37 bits per heavy atom. The molecule has 1 saturated heterocycles. The van der Waals surface area contributed by atoms with Gasteiger partial charge in [0.1, 0.15) is 5.82 Å². The van der Waals surface area contributed by atoms with Crippen molar-refractivity contribution in [3.05, 3.63) is 66.0 Å². The highest BCUT2D eigenvalue weighted by Gasteiger charge is 2.44. The summed E-state index contributed by atoms with van der Waals surface area (Å²) in [6.07, 6.45) is 0.745. The van der Waals surface area contributed by atoms with Crippen LogP contribution in [0.1, 0.15) is 25.3 Å². The number of nitrogens with zero attached hydrogens (tertiary/aromatic N) is 1. The molecule has 2 aromatic carbocycles. The summed E-state index contributed by atoms with van der Waals surface area (Å²) in [7, 11) is -3.29. The van der Waals surface area contributed by atoms with E-state index in [1.807, 2.05) is 30.3 Å². The molecule has 0 bridgehead atoms. The van der Waals surface area contributed by atoms with Gasteiger partial charge >= 0.3 is 0 Å². The van der Waals surface area contributed by atoms with Gasteiger partial charge in [-0.1, -0.05) is 36.4 Å². The van der Waals surface area contributed by atoms with Crippen LogP contribution >= 0.6 is 0 Å². The Balaban J connectivity index is 1.90. The molecule has 2 aromatic rings. The minimum absolute atomic E-state index is 0.0425. The fraction of sp³-hybridized carbons (Fsp3) is 0.350. The molecule has 1 aliphatic rings. The number of carbonyl (C=O) groups excluding carboxylic acids is 1. The molecular weight excluding hydrogens is 367 g/mol. The van der Waals surface area contributed by atoms with Gasteiger partial charge in [-0.05, 0) is 43.5 Å². The minimum atomic E-state index is -3.29. The lowest BCUT2D eigenvalue weighted by Crippen LogP contribution is -2.51. The van der Waals surface area contributed by atoms with Crippen LogP contribution in [0.15, 0.2) is 54.6 Å². The SMILES string of the molecule is CCS(=O)(=O)N1CCC(C(=O)Nc2cccc(F)c2)(c2ccccc2)CC1. The summed E-state index contributed by atoms with van der Waals surface area (Å²) in [4.78, 5) is 13.2. The standard InChI is InChI=1S/C20H23FN2O3S/c1-2-27(25,26)23-13-11-20(12-14-23,16-7-4-3-5-8-16)19(24)22-18-10-6-9-17(21)15-18/h3-10,15H,2,11-14H2,1H3,(H,22,24). The fourth-order valence-corrected chi connectivity index (χ4v) is 4.65. The first-order valence-electron chi connectivity index (χ1n) is 8.98. The van der Waals surface area contributed by atoms with E-state index in [1.54, 1.807) is 13.0 Å². The van der Waals surface area contributed by atoms with Crippen molar-refractivity contribution in [1.82, 2.24) is 4.31 Å². The third-order valence-corrected chi connectivity index (χ3v) is 7.06. The molecule has 144 valence electrons. The highest BCUT2D eigenvalue weighted by Crippen LogP contribution is 2.37. The molecule has 1 heterocycles. The van der Waals surface area contributed by atoms with E-state index < -0.39 is 21.3 Å². The lowest BCUT2D eigenvalue weighted by atomic mass is 9.72. The van der Waals surface area contributed by atoms with Crippen molar-refractivity contribution in [1.29, 1.82) is 0 Å². The zero-order chi connectivity index (χ0) is 19.5. The Morgan fingerprint density at radius 2 is 1.78 bits per heavy atom. The predicted octanol–water partition coefficient (Wildman–Crippen LogP) is 3.15. The van der Waals surface area contributed by atoms with E-state index in [1.165, 1.54) is 22.5 Å². The Bertz CT molecular complexity index is 908. The van der Waals surface area contributed by atoms with Gasteiger partial charge in [-0.2, -0.15) is 0 Å². The molecule has 1 N–H and O–H groups in total. The Morgan fingerprint density at radius 1 is 1.11 bits per heavy atom. The van der Waals surface area contributed by atoms with E-state index in [-0.39, 0.29) is 24.7 Å². The van der Waals surface area contributed by atoms with Crippen LogP contribution in [0.3, 0.4) is 0 Å². The highest BCUT2D eigenvalue weighted by molar-refractivity contribution is 7.89. The normalized spacial score (nSPS) is 17.4. The number of rotatable bonds is 5. The molecule has 27 heavy (non-hydrogen) atoms. The van der Waals surface area contributed by atoms with Gasteiger partial charge in [0.15, 0.2) is 0 Å². The quantitative estimate of drug-likeness (QED) is 0.853. The van der Waals surface area contributed by atoms with Crippen LogP contribution in [0, 0.1) is 5.82 Å². The summed E-state index contributed by atoms with van der Waals surface area (Å²) in [6, 6.07) is 15.1. The minimum Gasteiger partial charge on any atom is -0.325 e. The van der Waals surface area contributed by atoms with Gasteiger partial charge in [0.05, 0.1) is 11.2 Å². The molecule has 5 nitrogen and oxygen atoms in total. The highest BCUT2D eigenvalue weighted by atomic mass is 32.2. The molecule has 0 radical (unpaired) electrons. The molecule has 0 spiro atoms. The number of anilines is 1. The average molecular weight is 390 g/mol. The molecule has 0 atom stereocenters. The van der Waals surface area contributed by atoms with Gasteiger partial charge in [0, 0.05) is 18.8 Å². The van der Waals surface area contributed by atoms with E-state index >= 15 is 0 Å². The number of sulfonamides is 1. The van der Waals surface area contributed by atoms with Crippen molar-refractivity contribution in [3.63, 3.8) is 0 Å². The number of carbonyl (C=O) groups is 1. The Hall–Kier alpha value is -2.25. The summed E-state index contributed by atoms with van der Waals surface area (Å²) in [5, 5.41) is 2.81. The van der Waals surface area contributed by atoms with Gasteiger partial charge in [-0.25, -0.2) is 17.1 Å². The lowest BCUT2D eigenvalue weighted by molar-refractivity contribution is -0.123. The smallest absolute Gasteiger partial charge is 0.235 e. The van der Waals surface area contributed by atoms with Crippen LogP contribution in [0.2, 0.25) is 0 Å². The summed E-state index contributed by atoms with van der Waals surface area (Å²) in [5.74, 6) is -0.626. The molecule has 1 amide bonds. The molecule has 1 aliphatic heterocycles. The zero-order valence-corrected chi connectivity index (χ0v) is 16.0. The maximum atomic E-state index is 13.5. The number of hydrogen-bond donors (Lipinski definition) is 1.